The van der Waals surface area contributed by atoms with Crippen molar-refractivity contribution in [3.05, 3.63) is 48.0 Å². The van der Waals surface area contributed by atoms with Crippen LogP contribution in [0.25, 0.3) is 10.8 Å². The van der Waals surface area contributed by atoms with Crippen LogP contribution in [0.3, 0.4) is 0 Å². The zero-order chi connectivity index (χ0) is 14.0. The average molecular weight is 277 g/mol. The van der Waals surface area contributed by atoms with Gasteiger partial charge in [-0.05, 0) is 36.4 Å². The molecule has 0 aliphatic heterocycles. The molecule has 0 heterocycles. The second-order valence-corrected chi connectivity index (χ2v) is 7.31. The highest BCUT2D eigenvalue weighted by Gasteiger charge is 2.26. The van der Waals surface area contributed by atoms with Gasteiger partial charge in [-0.3, -0.25) is 0 Å². The van der Waals surface area contributed by atoms with Gasteiger partial charge in [0.05, 0.1) is 5.25 Å². The highest BCUT2D eigenvalue weighted by atomic mass is 32.2. The van der Waals surface area contributed by atoms with E-state index in [-0.39, 0.29) is 6.04 Å². The molecule has 19 heavy (non-hydrogen) atoms. The quantitative estimate of drug-likeness (QED) is 0.934. The Balaban J connectivity index is 2.46. The Labute approximate surface area is 114 Å². The Bertz CT molecular complexity index is 679. The molecule has 2 atom stereocenters. The number of fused-ring (bicyclic) bond motifs is 1. The van der Waals surface area contributed by atoms with Crippen molar-refractivity contribution in [3.8, 4) is 0 Å². The molecule has 1 N–H and O–H groups in total. The first-order chi connectivity index (χ1) is 8.93. The fraction of sp³-hybridized carbons (Fsp3) is 0.333. The Kier molecular flexibility index (Phi) is 3.92. The molecule has 0 fully saturated rings. The van der Waals surface area contributed by atoms with Crippen molar-refractivity contribution >= 4 is 20.6 Å². The number of hydrogen-bond acceptors (Lipinski definition) is 3. The number of hydrogen-bond donors (Lipinski definition) is 1. The van der Waals surface area contributed by atoms with E-state index in [0.717, 1.165) is 16.3 Å². The molecule has 0 amide bonds. The van der Waals surface area contributed by atoms with Crippen LogP contribution in [0.1, 0.15) is 18.5 Å². The highest BCUT2D eigenvalue weighted by molar-refractivity contribution is 7.91. The lowest BCUT2D eigenvalue weighted by molar-refractivity contribution is 0.535. The zero-order valence-corrected chi connectivity index (χ0v) is 12.2. The van der Waals surface area contributed by atoms with Crippen LogP contribution in [0, 0.1) is 0 Å². The van der Waals surface area contributed by atoms with Gasteiger partial charge in [-0.2, -0.15) is 0 Å². The summed E-state index contributed by atoms with van der Waals surface area (Å²) >= 11 is 0. The Morgan fingerprint density at radius 3 is 2.26 bits per heavy atom. The lowest BCUT2D eigenvalue weighted by Gasteiger charge is -2.23. The van der Waals surface area contributed by atoms with Crippen molar-refractivity contribution in [2.75, 3.05) is 13.3 Å². The molecule has 0 saturated carbocycles. The lowest BCUT2D eigenvalue weighted by atomic mass is 10.0. The minimum atomic E-state index is -3.08. The topological polar surface area (TPSA) is 46.2 Å². The van der Waals surface area contributed by atoms with Crippen molar-refractivity contribution in [1.82, 2.24) is 5.32 Å². The predicted octanol–water partition coefficient (Wildman–Crippen LogP) is 2.53. The van der Waals surface area contributed by atoms with Gasteiger partial charge in [0.1, 0.15) is 0 Å². The van der Waals surface area contributed by atoms with E-state index in [9.17, 15) is 8.42 Å². The van der Waals surface area contributed by atoms with Crippen molar-refractivity contribution < 1.29 is 8.42 Å². The fourth-order valence-corrected chi connectivity index (χ4v) is 3.11. The van der Waals surface area contributed by atoms with Crippen LogP contribution in [-0.2, 0) is 9.84 Å². The summed E-state index contributed by atoms with van der Waals surface area (Å²) < 4.78 is 23.5. The van der Waals surface area contributed by atoms with E-state index in [2.05, 4.69) is 11.4 Å². The predicted molar refractivity (Wildman–Crippen MR) is 80.1 cm³/mol. The molecule has 0 spiro atoms. The van der Waals surface area contributed by atoms with E-state index in [1.54, 1.807) is 14.0 Å². The van der Waals surface area contributed by atoms with E-state index in [1.165, 1.54) is 6.26 Å². The van der Waals surface area contributed by atoms with Gasteiger partial charge in [-0.1, -0.05) is 36.4 Å². The van der Waals surface area contributed by atoms with Crippen LogP contribution in [0.4, 0.5) is 0 Å². The van der Waals surface area contributed by atoms with Gasteiger partial charge in [0.15, 0.2) is 9.84 Å². The first kappa shape index (κ1) is 14.0. The van der Waals surface area contributed by atoms with Gasteiger partial charge < -0.3 is 5.32 Å². The molecule has 2 aromatic carbocycles. The molecular weight excluding hydrogens is 258 g/mol. The minimum absolute atomic E-state index is 0.195. The summed E-state index contributed by atoms with van der Waals surface area (Å²) in [6.07, 6.45) is 1.28. The summed E-state index contributed by atoms with van der Waals surface area (Å²) in [5.41, 5.74) is 0.999. The second kappa shape index (κ2) is 5.31. The van der Waals surface area contributed by atoms with Gasteiger partial charge in [0.25, 0.3) is 0 Å². The Hall–Kier alpha value is -1.39. The zero-order valence-electron chi connectivity index (χ0n) is 11.4. The van der Waals surface area contributed by atoms with E-state index < -0.39 is 15.1 Å². The number of rotatable bonds is 4. The normalized spacial score (nSPS) is 15.3. The maximum atomic E-state index is 11.7. The fourth-order valence-electron chi connectivity index (χ4n) is 2.32. The molecule has 102 valence electrons. The van der Waals surface area contributed by atoms with Gasteiger partial charge in [-0.15, -0.1) is 0 Å². The Morgan fingerprint density at radius 2 is 1.68 bits per heavy atom. The van der Waals surface area contributed by atoms with Crippen LogP contribution < -0.4 is 5.32 Å². The summed E-state index contributed by atoms with van der Waals surface area (Å²) in [4.78, 5) is 0. The highest BCUT2D eigenvalue weighted by Crippen LogP contribution is 2.25. The molecule has 2 aromatic rings. The molecule has 0 aliphatic rings. The smallest absolute Gasteiger partial charge is 0.151 e. The number of benzene rings is 2. The summed E-state index contributed by atoms with van der Waals surface area (Å²) in [5.74, 6) is 0. The van der Waals surface area contributed by atoms with Crippen LogP contribution in [0.15, 0.2) is 42.5 Å². The summed E-state index contributed by atoms with van der Waals surface area (Å²) in [6.45, 7) is 1.74. The van der Waals surface area contributed by atoms with Gasteiger partial charge >= 0.3 is 0 Å². The molecular formula is C15H19NO2S. The van der Waals surface area contributed by atoms with E-state index in [4.69, 9.17) is 0 Å². The monoisotopic (exact) mass is 277 g/mol. The first-order valence-electron chi connectivity index (χ1n) is 6.28. The maximum absolute atomic E-state index is 11.7. The van der Waals surface area contributed by atoms with Crippen LogP contribution >= 0.6 is 0 Å². The lowest BCUT2D eigenvalue weighted by Crippen LogP contribution is -2.32. The Morgan fingerprint density at radius 1 is 1.05 bits per heavy atom. The summed E-state index contributed by atoms with van der Waals surface area (Å²) in [5, 5.41) is 4.94. The van der Waals surface area contributed by atoms with Crippen LogP contribution in [0.2, 0.25) is 0 Å². The van der Waals surface area contributed by atoms with Gasteiger partial charge in [-0.25, -0.2) is 8.42 Å². The van der Waals surface area contributed by atoms with Crippen molar-refractivity contribution in [3.63, 3.8) is 0 Å². The average Bonchev–Trinajstić information content (AvgIpc) is 2.38. The molecule has 0 radical (unpaired) electrons. The standard InChI is InChI=1S/C15H19NO2S/c1-11(19(3,17)18)15(16-2)14-9-8-12-6-4-5-7-13(12)10-14/h4-11,15-16H,1-3H3. The van der Waals surface area contributed by atoms with Crippen molar-refractivity contribution in [2.45, 2.75) is 18.2 Å². The molecule has 2 rings (SSSR count). The molecule has 0 bridgehead atoms. The molecule has 3 nitrogen and oxygen atoms in total. The molecule has 0 aromatic heterocycles. The number of nitrogens with one attached hydrogen (secondary N) is 1. The largest absolute Gasteiger partial charge is 0.312 e. The third-order valence-electron chi connectivity index (χ3n) is 3.59. The summed E-state index contributed by atoms with van der Waals surface area (Å²) in [7, 11) is -1.28. The maximum Gasteiger partial charge on any atom is 0.151 e. The van der Waals surface area contributed by atoms with E-state index in [0.29, 0.717) is 0 Å². The van der Waals surface area contributed by atoms with Gasteiger partial charge in [0.2, 0.25) is 0 Å². The molecule has 4 heteroatoms. The van der Waals surface area contributed by atoms with Crippen molar-refractivity contribution in [1.29, 1.82) is 0 Å². The SMILES string of the molecule is CNC(c1ccc2ccccc2c1)C(C)S(C)(=O)=O. The van der Waals surface area contributed by atoms with E-state index >= 15 is 0 Å². The molecule has 2 unspecified atom stereocenters. The number of sulfone groups is 1. The minimum Gasteiger partial charge on any atom is -0.312 e. The summed E-state index contributed by atoms with van der Waals surface area (Å²) in [6, 6.07) is 14.0. The molecule has 0 aliphatic carbocycles. The molecule has 0 saturated heterocycles. The third-order valence-corrected chi connectivity index (χ3v) is 5.21. The second-order valence-electron chi connectivity index (χ2n) is 4.91. The van der Waals surface area contributed by atoms with Crippen molar-refractivity contribution in [2.24, 2.45) is 0 Å². The van der Waals surface area contributed by atoms with Crippen LogP contribution in [0.5, 0.6) is 0 Å². The van der Waals surface area contributed by atoms with Crippen LogP contribution in [-0.4, -0.2) is 27.0 Å². The van der Waals surface area contributed by atoms with E-state index in [1.807, 2.05) is 36.4 Å². The third kappa shape index (κ3) is 2.96. The van der Waals surface area contributed by atoms with Gasteiger partial charge in [0, 0.05) is 12.3 Å². The first-order valence-corrected chi connectivity index (χ1v) is 8.24.